The number of aromatic nitrogens is 1. The van der Waals surface area contributed by atoms with Crippen LogP contribution in [0.2, 0.25) is 0 Å². The number of amides is 1. The Morgan fingerprint density at radius 3 is 2.55 bits per heavy atom. The first-order valence-corrected chi connectivity index (χ1v) is 11.2. The molecule has 1 aromatic rings. The number of hydrogen-bond acceptors (Lipinski definition) is 5. The lowest BCUT2D eigenvalue weighted by Gasteiger charge is -2.40. The molecule has 29 heavy (non-hydrogen) atoms. The van der Waals surface area contributed by atoms with Crippen molar-refractivity contribution in [3.63, 3.8) is 0 Å². The first-order chi connectivity index (χ1) is 13.7. The van der Waals surface area contributed by atoms with E-state index in [-0.39, 0.29) is 6.09 Å². The molecule has 0 saturated carbocycles. The zero-order chi connectivity index (χ0) is 21.0. The summed E-state index contributed by atoms with van der Waals surface area (Å²) in [5.74, 6) is 1.75. The summed E-state index contributed by atoms with van der Waals surface area (Å²) in [7, 11) is 0. The van der Waals surface area contributed by atoms with Crippen molar-refractivity contribution < 1.29 is 9.53 Å². The van der Waals surface area contributed by atoms with Crippen LogP contribution in [0.25, 0.3) is 0 Å². The van der Waals surface area contributed by atoms with E-state index >= 15 is 0 Å². The van der Waals surface area contributed by atoms with Gasteiger partial charge in [0.15, 0.2) is 0 Å². The number of pyridine rings is 1. The number of ether oxygens (including phenoxy) is 1. The van der Waals surface area contributed by atoms with Gasteiger partial charge in [-0.2, -0.15) is 0 Å². The second-order valence-corrected chi connectivity index (χ2v) is 9.77. The molecule has 1 atom stereocenters. The van der Waals surface area contributed by atoms with Crippen LogP contribution in [-0.2, 0) is 4.74 Å². The van der Waals surface area contributed by atoms with Crippen molar-refractivity contribution >= 4 is 11.9 Å². The lowest BCUT2D eigenvalue weighted by atomic mass is 9.94. The van der Waals surface area contributed by atoms with Gasteiger partial charge in [0.05, 0.1) is 0 Å². The Bertz CT molecular complexity index is 678. The minimum Gasteiger partial charge on any atom is -0.444 e. The summed E-state index contributed by atoms with van der Waals surface area (Å²) in [5.41, 5.74) is 0.891. The highest BCUT2D eigenvalue weighted by atomic mass is 16.6. The molecule has 3 heterocycles. The summed E-state index contributed by atoms with van der Waals surface area (Å²) < 4.78 is 5.53. The third-order valence-electron chi connectivity index (χ3n) is 5.62. The molecule has 0 N–H and O–H groups in total. The number of rotatable bonds is 4. The Balaban J connectivity index is 1.70. The van der Waals surface area contributed by atoms with Gasteiger partial charge in [-0.3, -0.25) is 4.90 Å². The van der Waals surface area contributed by atoms with E-state index in [0.717, 1.165) is 25.5 Å². The smallest absolute Gasteiger partial charge is 0.410 e. The molecule has 6 nitrogen and oxygen atoms in total. The summed E-state index contributed by atoms with van der Waals surface area (Å²) in [5, 5.41) is 0. The van der Waals surface area contributed by atoms with Crippen LogP contribution in [0.4, 0.5) is 10.6 Å². The molecule has 3 rings (SSSR count). The maximum Gasteiger partial charge on any atom is 0.410 e. The van der Waals surface area contributed by atoms with Gasteiger partial charge >= 0.3 is 6.09 Å². The van der Waals surface area contributed by atoms with Gasteiger partial charge in [0, 0.05) is 50.5 Å². The molecular formula is C23H38N4O2. The molecule has 0 radical (unpaired) electrons. The summed E-state index contributed by atoms with van der Waals surface area (Å²) in [6, 6.07) is 4.77. The number of carbonyl (C=O) groups is 1. The highest BCUT2D eigenvalue weighted by Crippen LogP contribution is 2.36. The van der Waals surface area contributed by atoms with Gasteiger partial charge in [0.25, 0.3) is 0 Å². The van der Waals surface area contributed by atoms with E-state index in [1.54, 1.807) is 0 Å². The Morgan fingerprint density at radius 1 is 1.17 bits per heavy atom. The van der Waals surface area contributed by atoms with Crippen molar-refractivity contribution in [3.8, 4) is 0 Å². The van der Waals surface area contributed by atoms with E-state index in [1.807, 2.05) is 31.9 Å². The Hall–Kier alpha value is -1.82. The SMILES string of the molecule is CC(C)CN1CCCC[C@@H]1c1cccnc1N1CCN(C(=O)OC(C)(C)C)CC1. The number of likely N-dealkylation sites (tertiary alicyclic amines) is 1. The van der Waals surface area contributed by atoms with Crippen LogP contribution < -0.4 is 4.90 Å². The number of anilines is 1. The topological polar surface area (TPSA) is 48.9 Å². The molecule has 0 aliphatic carbocycles. The van der Waals surface area contributed by atoms with E-state index in [4.69, 9.17) is 9.72 Å². The lowest BCUT2D eigenvalue weighted by Crippen LogP contribution is -2.50. The molecule has 0 unspecified atom stereocenters. The molecule has 2 aliphatic rings. The molecule has 2 fully saturated rings. The zero-order valence-corrected chi connectivity index (χ0v) is 18.9. The lowest BCUT2D eigenvalue weighted by molar-refractivity contribution is 0.0240. The molecule has 2 aliphatic heterocycles. The van der Waals surface area contributed by atoms with Crippen molar-refractivity contribution in [1.82, 2.24) is 14.8 Å². The molecule has 6 heteroatoms. The molecule has 1 amide bonds. The van der Waals surface area contributed by atoms with E-state index < -0.39 is 5.60 Å². The van der Waals surface area contributed by atoms with Crippen molar-refractivity contribution in [3.05, 3.63) is 23.9 Å². The normalized spacial score (nSPS) is 21.5. The Labute approximate surface area is 176 Å². The van der Waals surface area contributed by atoms with Crippen LogP contribution in [-0.4, -0.2) is 65.7 Å². The van der Waals surface area contributed by atoms with E-state index in [9.17, 15) is 4.79 Å². The minimum atomic E-state index is -0.455. The number of piperazine rings is 1. The van der Waals surface area contributed by atoms with Crippen molar-refractivity contribution in [2.75, 3.05) is 44.2 Å². The van der Waals surface area contributed by atoms with Gasteiger partial charge in [0.2, 0.25) is 0 Å². The second kappa shape index (κ2) is 9.33. The summed E-state index contributed by atoms with van der Waals surface area (Å²) >= 11 is 0. The van der Waals surface area contributed by atoms with Gasteiger partial charge in [-0.15, -0.1) is 0 Å². The van der Waals surface area contributed by atoms with Crippen LogP contribution in [0, 0.1) is 5.92 Å². The summed E-state index contributed by atoms with van der Waals surface area (Å²) in [4.78, 5) is 24.0. The third kappa shape index (κ3) is 5.84. The van der Waals surface area contributed by atoms with Gasteiger partial charge in [-0.1, -0.05) is 26.3 Å². The van der Waals surface area contributed by atoms with Gasteiger partial charge < -0.3 is 14.5 Å². The monoisotopic (exact) mass is 402 g/mol. The van der Waals surface area contributed by atoms with E-state index in [2.05, 4.69) is 35.8 Å². The average Bonchev–Trinajstić information content (AvgIpc) is 2.67. The molecule has 0 spiro atoms. The van der Waals surface area contributed by atoms with Gasteiger partial charge in [0.1, 0.15) is 11.4 Å². The predicted molar refractivity (Wildman–Crippen MR) is 117 cm³/mol. The first-order valence-electron chi connectivity index (χ1n) is 11.2. The Morgan fingerprint density at radius 2 is 1.90 bits per heavy atom. The molecule has 162 valence electrons. The fourth-order valence-corrected chi connectivity index (χ4v) is 4.39. The second-order valence-electron chi connectivity index (χ2n) is 9.77. The van der Waals surface area contributed by atoms with Gasteiger partial charge in [-0.05, 0) is 52.1 Å². The highest BCUT2D eigenvalue weighted by molar-refractivity contribution is 5.68. The van der Waals surface area contributed by atoms with Gasteiger partial charge in [-0.25, -0.2) is 9.78 Å². The number of piperidine rings is 1. The summed E-state index contributed by atoms with van der Waals surface area (Å²) in [6.07, 6.45) is 5.44. The average molecular weight is 403 g/mol. The van der Waals surface area contributed by atoms with Crippen molar-refractivity contribution in [2.24, 2.45) is 5.92 Å². The molecule has 0 bridgehead atoms. The van der Waals surface area contributed by atoms with Crippen LogP contribution in [0.1, 0.15) is 65.5 Å². The molecule has 1 aromatic heterocycles. The van der Waals surface area contributed by atoms with Crippen molar-refractivity contribution in [2.45, 2.75) is 65.5 Å². The molecule has 0 aromatic carbocycles. The maximum absolute atomic E-state index is 12.4. The number of nitrogens with zero attached hydrogens (tertiary/aromatic N) is 4. The van der Waals surface area contributed by atoms with Crippen molar-refractivity contribution in [1.29, 1.82) is 0 Å². The number of hydrogen-bond donors (Lipinski definition) is 0. The standard InChI is InChI=1S/C23H38N4O2/c1-18(2)17-27-12-7-6-10-20(27)19-9-8-11-24-21(19)25-13-15-26(16-14-25)22(28)29-23(3,4)5/h8-9,11,18,20H,6-7,10,12-17H2,1-5H3/t20-/m1/s1. The Kier molecular flexibility index (Phi) is 7.04. The predicted octanol–water partition coefficient (Wildman–Crippen LogP) is 4.32. The third-order valence-corrected chi connectivity index (χ3v) is 5.62. The highest BCUT2D eigenvalue weighted by Gasteiger charge is 2.31. The maximum atomic E-state index is 12.4. The summed E-state index contributed by atoms with van der Waals surface area (Å²) in [6.45, 7) is 15.6. The van der Waals surface area contributed by atoms with E-state index in [0.29, 0.717) is 25.0 Å². The number of carbonyl (C=O) groups excluding carboxylic acids is 1. The minimum absolute atomic E-state index is 0.214. The van der Waals surface area contributed by atoms with E-state index in [1.165, 1.54) is 31.4 Å². The molecular weight excluding hydrogens is 364 g/mol. The quantitative estimate of drug-likeness (QED) is 0.751. The fourth-order valence-electron chi connectivity index (χ4n) is 4.39. The molecule has 2 saturated heterocycles. The largest absolute Gasteiger partial charge is 0.444 e. The van der Waals surface area contributed by atoms with Crippen LogP contribution >= 0.6 is 0 Å². The van der Waals surface area contributed by atoms with Crippen LogP contribution in [0.15, 0.2) is 18.3 Å². The fraction of sp³-hybridized carbons (Fsp3) is 0.739. The zero-order valence-electron chi connectivity index (χ0n) is 18.9. The van der Waals surface area contributed by atoms with Crippen LogP contribution in [0.5, 0.6) is 0 Å². The first kappa shape index (κ1) is 21.9. The van der Waals surface area contributed by atoms with Crippen LogP contribution in [0.3, 0.4) is 0 Å².